The SMILES string of the molecule is CC1(CNC(=O)CCOc2cccc(Br)c2)CCNCC1.Cl. The van der Waals surface area contributed by atoms with E-state index < -0.39 is 0 Å². The van der Waals surface area contributed by atoms with Crippen LogP contribution < -0.4 is 15.4 Å². The molecule has 1 saturated heterocycles. The normalized spacial score (nSPS) is 16.5. The summed E-state index contributed by atoms with van der Waals surface area (Å²) >= 11 is 3.39. The molecule has 0 unspecified atom stereocenters. The lowest BCUT2D eigenvalue weighted by atomic mass is 9.81. The first kappa shape index (κ1) is 19.3. The van der Waals surface area contributed by atoms with E-state index in [2.05, 4.69) is 33.5 Å². The number of rotatable bonds is 6. The molecule has 1 aliphatic heterocycles. The van der Waals surface area contributed by atoms with Gasteiger partial charge in [-0.1, -0.05) is 28.9 Å². The smallest absolute Gasteiger partial charge is 0.223 e. The monoisotopic (exact) mass is 390 g/mol. The molecule has 2 rings (SSSR count). The molecule has 6 heteroatoms. The van der Waals surface area contributed by atoms with Crippen LogP contribution >= 0.6 is 28.3 Å². The van der Waals surface area contributed by atoms with Gasteiger partial charge in [-0.25, -0.2) is 0 Å². The van der Waals surface area contributed by atoms with E-state index in [1.165, 1.54) is 0 Å². The van der Waals surface area contributed by atoms with Crippen LogP contribution in [-0.2, 0) is 4.79 Å². The average molecular weight is 392 g/mol. The second-order valence-electron chi connectivity index (χ2n) is 5.89. The minimum absolute atomic E-state index is 0. The average Bonchev–Trinajstić information content (AvgIpc) is 2.46. The maximum Gasteiger partial charge on any atom is 0.223 e. The Bertz CT molecular complexity index is 479. The van der Waals surface area contributed by atoms with Crippen LogP contribution in [0, 0.1) is 5.41 Å². The lowest BCUT2D eigenvalue weighted by Gasteiger charge is -2.34. The lowest BCUT2D eigenvalue weighted by molar-refractivity contribution is -0.122. The van der Waals surface area contributed by atoms with Gasteiger partial charge in [0.05, 0.1) is 13.0 Å². The van der Waals surface area contributed by atoms with Crippen LogP contribution in [0.15, 0.2) is 28.7 Å². The molecule has 1 aromatic carbocycles. The summed E-state index contributed by atoms with van der Waals surface area (Å²) in [5, 5.41) is 6.38. The Morgan fingerprint density at radius 1 is 1.41 bits per heavy atom. The molecule has 4 nitrogen and oxygen atoms in total. The zero-order valence-electron chi connectivity index (χ0n) is 12.9. The van der Waals surface area contributed by atoms with E-state index in [-0.39, 0.29) is 23.7 Å². The first-order valence-corrected chi connectivity index (χ1v) is 8.23. The van der Waals surface area contributed by atoms with Gasteiger partial charge in [-0.05, 0) is 49.5 Å². The highest BCUT2D eigenvalue weighted by Crippen LogP contribution is 2.26. The Balaban J connectivity index is 0.00000242. The standard InChI is InChI=1S/C16H23BrN2O2.ClH/c1-16(6-8-18-9-7-16)12-19-15(20)5-10-21-14-4-2-3-13(17)11-14;/h2-4,11,18H,5-10,12H2,1H3,(H,19,20);1H. The van der Waals surface area contributed by atoms with Crippen LogP contribution in [0.4, 0.5) is 0 Å². The van der Waals surface area contributed by atoms with Gasteiger partial charge in [-0.15, -0.1) is 12.4 Å². The van der Waals surface area contributed by atoms with Crippen molar-refractivity contribution < 1.29 is 9.53 Å². The van der Waals surface area contributed by atoms with Crippen molar-refractivity contribution in [1.29, 1.82) is 0 Å². The molecule has 22 heavy (non-hydrogen) atoms. The third-order valence-corrected chi connectivity index (χ3v) is 4.41. The van der Waals surface area contributed by atoms with Crippen LogP contribution in [0.2, 0.25) is 0 Å². The predicted molar refractivity (Wildman–Crippen MR) is 94.7 cm³/mol. The fourth-order valence-electron chi connectivity index (χ4n) is 2.43. The molecular formula is C16H24BrClN2O2. The maximum atomic E-state index is 11.9. The minimum atomic E-state index is 0. The van der Waals surface area contributed by atoms with Crippen molar-refractivity contribution in [2.24, 2.45) is 5.41 Å². The number of hydrogen-bond acceptors (Lipinski definition) is 3. The van der Waals surface area contributed by atoms with Gasteiger partial charge in [0.2, 0.25) is 5.91 Å². The van der Waals surface area contributed by atoms with Gasteiger partial charge in [0, 0.05) is 11.0 Å². The molecule has 0 bridgehead atoms. The highest BCUT2D eigenvalue weighted by Gasteiger charge is 2.26. The fourth-order valence-corrected chi connectivity index (χ4v) is 2.80. The van der Waals surface area contributed by atoms with Crippen molar-refractivity contribution in [3.05, 3.63) is 28.7 Å². The lowest BCUT2D eigenvalue weighted by Crippen LogP contribution is -2.43. The number of ether oxygens (including phenoxy) is 1. The minimum Gasteiger partial charge on any atom is -0.493 e. The molecule has 0 aromatic heterocycles. The molecule has 0 saturated carbocycles. The second-order valence-corrected chi connectivity index (χ2v) is 6.81. The predicted octanol–water partition coefficient (Wildman–Crippen LogP) is 3.15. The van der Waals surface area contributed by atoms with Gasteiger partial charge in [0.1, 0.15) is 5.75 Å². The Kier molecular flexibility index (Phi) is 8.21. The number of piperidine rings is 1. The van der Waals surface area contributed by atoms with Crippen LogP contribution in [0.1, 0.15) is 26.2 Å². The molecule has 2 N–H and O–H groups in total. The Hall–Kier alpha value is -0.780. The Labute approximate surface area is 146 Å². The second kappa shape index (κ2) is 9.38. The molecule has 1 heterocycles. The van der Waals surface area contributed by atoms with E-state index in [4.69, 9.17) is 4.74 Å². The van der Waals surface area contributed by atoms with Crippen molar-refractivity contribution in [1.82, 2.24) is 10.6 Å². The van der Waals surface area contributed by atoms with Crippen molar-refractivity contribution >= 4 is 34.2 Å². The Morgan fingerprint density at radius 2 is 2.14 bits per heavy atom. The van der Waals surface area contributed by atoms with E-state index in [9.17, 15) is 4.79 Å². The fraction of sp³-hybridized carbons (Fsp3) is 0.562. The van der Waals surface area contributed by atoms with Gasteiger partial charge < -0.3 is 15.4 Å². The van der Waals surface area contributed by atoms with Crippen LogP contribution in [0.3, 0.4) is 0 Å². The van der Waals surface area contributed by atoms with E-state index in [1.807, 2.05) is 24.3 Å². The molecular weight excluding hydrogens is 368 g/mol. The van der Waals surface area contributed by atoms with E-state index in [1.54, 1.807) is 0 Å². The number of halogens is 2. The molecule has 1 amide bonds. The molecule has 1 aromatic rings. The summed E-state index contributed by atoms with van der Waals surface area (Å²) < 4.78 is 6.55. The molecule has 0 atom stereocenters. The van der Waals surface area contributed by atoms with Gasteiger partial charge in [0.25, 0.3) is 0 Å². The van der Waals surface area contributed by atoms with E-state index in [0.717, 1.165) is 42.7 Å². The molecule has 1 fully saturated rings. The molecule has 0 aliphatic carbocycles. The summed E-state index contributed by atoms with van der Waals surface area (Å²) in [6, 6.07) is 7.64. The van der Waals surface area contributed by atoms with Crippen molar-refractivity contribution in [2.75, 3.05) is 26.2 Å². The van der Waals surface area contributed by atoms with E-state index >= 15 is 0 Å². The summed E-state index contributed by atoms with van der Waals surface area (Å²) in [5.74, 6) is 0.840. The van der Waals surface area contributed by atoms with Crippen LogP contribution in [0.5, 0.6) is 5.75 Å². The number of benzene rings is 1. The molecule has 0 spiro atoms. The summed E-state index contributed by atoms with van der Waals surface area (Å²) in [5.41, 5.74) is 0.228. The zero-order valence-corrected chi connectivity index (χ0v) is 15.3. The first-order chi connectivity index (χ1) is 10.1. The van der Waals surface area contributed by atoms with Gasteiger partial charge in [-0.2, -0.15) is 0 Å². The quantitative estimate of drug-likeness (QED) is 0.783. The molecule has 124 valence electrons. The largest absolute Gasteiger partial charge is 0.493 e. The number of carbonyl (C=O) groups is 1. The van der Waals surface area contributed by atoms with Crippen LogP contribution in [0.25, 0.3) is 0 Å². The van der Waals surface area contributed by atoms with Gasteiger partial charge in [-0.3, -0.25) is 4.79 Å². The van der Waals surface area contributed by atoms with Crippen LogP contribution in [-0.4, -0.2) is 32.1 Å². The first-order valence-electron chi connectivity index (χ1n) is 7.43. The summed E-state index contributed by atoms with van der Waals surface area (Å²) in [7, 11) is 0. The van der Waals surface area contributed by atoms with E-state index in [0.29, 0.717) is 13.0 Å². The highest BCUT2D eigenvalue weighted by molar-refractivity contribution is 9.10. The summed E-state index contributed by atoms with van der Waals surface area (Å²) in [6.45, 7) is 5.48. The zero-order chi connectivity index (χ0) is 15.1. The number of nitrogens with one attached hydrogen (secondary N) is 2. The number of hydrogen-bond donors (Lipinski definition) is 2. The van der Waals surface area contributed by atoms with Crippen molar-refractivity contribution in [2.45, 2.75) is 26.2 Å². The van der Waals surface area contributed by atoms with Crippen molar-refractivity contribution in [3.63, 3.8) is 0 Å². The maximum absolute atomic E-state index is 11.9. The number of amides is 1. The van der Waals surface area contributed by atoms with Gasteiger partial charge in [0.15, 0.2) is 0 Å². The summed E-state index contributed by atoms with van der Waals surface area (Å²) in [6.07, 6.45) is 2.62. The third kappa shape index (κ3) is 6.55. The third-order valence-electron chi connectivity index (χ3n) is 3.92. The number of carbonyl (C=O) groups excluding carboxylic acids is 1. The summed E-state index contributed by atoms with van der Waals surface area (Å²) in [4.78, 5) is 11.9. The topological polar surface area (TPSA) is 50.4 Å². The molecule has 1 aliphatic rings. The van der Waals surface area contributed by atoms with Gasteiger partial charge >= 0.3 is 0 Å². The molecule has 0 radical (unpaired) electrons. The highest BCUT2D eigenvalue weighted by atomic mass is 79.9. The Morgan fingerprint density at radius 3 is 2.82 bits per heavy atom. The van der Waals surface area contributed by atoms with Crippen molar-refractivity contribution in [3.8, 4) is 5.75 Å².